The predicted octanol–water partition coefficient (Wildman–Crippen LogP) is 2.25. The summed E-state index contributed by atoms with van der Waals surface area (Å²) in [4.78, 5) is 19.1. The summed E-state index contributed by atoms with van der Waals surface area (Å²) in [7, 11) is 0. The van der Waals surface area contributed by atoms with E-state index in [-0.39, 0.29) is 11.8 Å². The van der Waals surface area contributed by atoms with Crippen molar-refractivity contribution in [3.8, 4) is 0 Å². The predicted molar refractivity (Wildman–Crippen MR) is 96.7 cm³/mol. The van der Waals surface area contributed by atoms with Gasteiger partial charge in [-0.25, -0.2) is 0 Å². The molecule has 3 N–H and O–H groups in total. The number of amidine groups is 1. The van der Waals surface area contributed by atoms with E-state index in [1.165, 1.54) is 0 Å². The highest BCUT2D eigenvalue weighted by atomic mass is 16.2. The summed E-state index contributed by atoms with van der Waals surface area (Å²) >= 11 is 0. The fourth-order valence-corrected chi connectivity index (χ4v) is 3.09. The van der Waals surface area contributed by atoms with E-state index in [0.717, 1.165) is 42.5 Å². The monoisotopic (exact) mass is 325 g/mol. The molecule has 1 fully saturated rings. The number of aromatic nitrogens is 1. The fourth-order valence-electron chi connectivity index (χ4n) is 3.09. The Balaban J connectivity index is 1.62. The van der Waals surface area contributed by atoms with Gasteiger partial charge in [-0.15, -0.1) is 0 Å². The van der Waals surface area contributed by atoms with Crippen LogP contribution in [0.5, 0.6) is 0 Å². The van der Waals surface area contributed by atoms with Gasteiger partial charge in [0.2, 0.25) is 5.91 Å². The molecule has 24 heavy (non-hydrogen) atoms. The molecule has 1 aliphatic rings. The van der Waals surface area contributed by atoms with Gasteiger partial charge in [-0.2, -0.15) is 5.10 Å². The first-order chi connectivity index (χ1) is 11.7. The molecule has 126 valence electrons. The van der Waals surface area contributed by atoms with Crippen molar-refractivity contribution < 1.29 is 4.79 Å². The number of anilines is 1. The van der Waals surface area contributed by atoms with Crippen LogP contribution in [0.2, 0.25) is 0 Å². The van der Waals surface area contributed by atoms with Crippen LogP contribution >= 0.6 is 0 Å². The molecule has 0 unspecified atom stereocenters. The average Bonchev–Trinajstić information content (AvgIpc) is 2.65. The van der Waals surface area contributed by atoms with Crippen molar-refractivity contribution in [3.05, 3.63) is 36.5 Å². The van der Waals surface area contributed by atoms with Gasteiger partial charge in [-0.3, -0.25) is 9.78 Å². The Labute approximate surface area is 141 Å². The van der Waals surface area contributed by atoms with Crippen LogP contribution in [0.4, 0.5) is 5.69 Å². The summed E-state index contributed by atoms with van der Waals surface area (Å²) in [5.74, 6) is 5.84. The summed E-state index contributed by atoms with van der Waals surface area (Å²) < 4.78 is 0. The van der Waals surface area contributed by atoms with E-state index in [4.69, 9.17) is 5.84 Å². The van der Waals surface area contributed by atoms with Crippen molar-refractivity contribution in [3.63, 3.8) is 0 Å². The Bertz CT molecular complexity index is 750. The highest BCUT2D eigenvalue weighted by Gasteiger charge is 2.25. The first-order valence-electron chi connectivity index (χ1n) is 8.38. The molecule has 6 heteroatoms. The second-order valence-electron chi connectivity index (χ2n) is 6.07. The number of nitrogens with zero attached hydrogens (tertiary/aromatic N) is 3. The molecule has 1 aliphatic heterocycles. The van der Waals surface area contributed by atoms with Gasteiger partial charge in [-0.1, -0.05) is 25.1 Å². The Morgan fingerprint density at radius 2 is 2.12 bits per heavy atom. The number of nitrogens with one attached hydrogen (secondary N) is 1. The molecule has 0 atom stereocenters. The van der Waals surface area contributed by atoms with Crippen molar-refractivity contribution in [2.75, 3.05) is 18.0 Å². The minimum absolute atomic E-state index is 0.0120. The number of para-hydroxylation sites is 1. The van der Waals surface area contributed by atoms with E-state index in [9.17, 15) is 4.79 Å². The quantitative estimate of drug-likeness (QED) is 0.392. The number of hydrogen-bond donors (Lipinski definition) is 2. The van der Waals surface area contributed by atoms with Crippen LogP contribution in [-0.2, 0) is 4.79 Å². The van der Waals surface area contributed by atoms with Crippen molar-refractivity contribution in [2.24, 2.45) is 16.9 Å². The van der Waals surface area contributed by atoms with Gasteiger partial charge < -0.3 is 16.1 Å². The van der Waals surface area contributed by atoms with E-state index in [1.54, 1.807) is 0 Å². The molecule has 1 aromatic heterocycles. The molecule has 0 aliphatic carbocycles. The van der Waals surface area contributed by atoms with Crippen LogP contribution in [0.25, 0.3) is 10.9 Å². The molecule has 0 radical (unpaired) electrons. The van der Waals surface area contributed by atoms with E-state index in [2.05, 4.69) is 32.4 Å². The van der Waals surface area contributed by atoms with Crippen LogP contribution in [0.3, 0.4) is 0 Å². The lowest BCUT2D eigenvalue weighted by Gasteiger charge is -2.32. The number of carbonyl (C=O) groups is 1. The van der Waals surface area contributed by atoms with Crippen molar-refractivity contribution in [1.29, 1.82) is 0 Å². The second-order valence-corrected chi connectivity index (χ2v) is 6.07. The summed E-state index contributed by atoms with van der Waals surface area (Å²) in [6.45, 7) is 3.61. The maximum atomic E-state index is 12.3. The smallest absolute Gasteiger partial charge is 0.228 e. The Morgan fingerprint density at radius 1 is 1.38 bits per heavy atom. The lowest BCUT2D eigenvalue weighted by atomic mass is 9.95. The molecule has 1 amide bonds. The molecule has 2 heterocycles. The number of fused-ring (bicyclic) bond motifs is 1. The molecule has 0 spiro atoms. The summed E-state index contributed by atoms with van der Waals surface area (Å²) in [5.41, 5.74) is 2.12. The van der Waals surface area contributed by atoms with Crippen LogP contribution < -0.4 is 16.1 Å². The van der Waals surface area contributed by atoms with Crippen LogP contribution in [-0.4, -0.2) is 29.8 Å². The minimum atomic E-state index is 0.0120. The number of rotatable bonds is 3. The van der Waals surface area contributed by atoms with E-state index >= 15 is 0 Å². The molecule has 0 saturated carbocycles. The second kappa shape index (κ2) is 7.29. The normalized spacial score (nSPS) is 16.4. The third-order valence-electron chi connectivity index (χ3n) is 4.57. The number of nitrogens with two attached hydrogens (primary N) is 1. The average molecular weight is 325 g/mol. The van der Waals surface area contributed by atoms with Gasteiger partial charge in [0.05, 0.1) is 17.4 Å². The number of benzene rings is 1. The summed E-state index contributed by atoms with van der Waals surface area (Å²) in [6, 6.07) is 10.3. The van der Waals surface area contributed by atoms with Crippen molar-refractivity contribution >= 4 is 28.3 Å². The van der Waals surface area contributed by atoms with Gasteiger partial charge in [0.25, 0.3) is 0 Å². The van der Waals surface area contributed by atoms with Crippen molar-refractivity contribution in [2.45, 2.75) is 26.2 Å². The number of hydrazone groups is 1. The molecule has 2 aromatic rings. The zero-order valence-corrected chi connectivity index (χ0v) is 13.9. The van der Waals surface area contributed by atoms with E-state index < -0.39 is 0 Å². The molecule has 1 saturated heterocycles. The molecule has 1 aromatic carbocycles. The first kappa shape index (κ1) is 16.2. The molecule has 3 rings (SSSR count). The number of piperidine rings is 1. The third-order valence-corrected chi connectivity index (χ3v) is 4.57. The van der Waals surface area contributed by atoms with Gasteiger partial charge in [0, 0.05) is 30.8 Å². The van der Waals surface area contributed by atoms with Gasteiger partial charge in [-0.05, 0) is 25.0 Å². The highest BCUT2D eigenvalue weighted by molar-refractivity contribution is 5.98. The number of amides is 1. The minimum Gasteiger partial charge on any atom is -0.370 e. The van der Waals surface area contributed by atoms with Crippen LogP contribution in [0, 0.1) is 5.92 Å². The lowest BCUT2D eigenvalue weighted by Crippen LogP contribution is -2.42. The van der Waals surface area contributed by atoms with Crippen LogP contribution in [0.15, 0.2) is 41.6 Å². The Kier molecular flexibility index (Phi) is 4.93. The Hall–Kier alpha value is -2.63. The molecule has 0 bridgehead atoms. The SMILES string of the molecule is CC/C(=N\N)NC(=O)C1CCN(c2cnc3ccccc3c2)CC1. The lowest BCUT2D eigenvalue weighted by molar-refractivity contribution is -0.124. The Morgan fingerprint density at radius 3 is 2.83 bits per heavy atom. The van der Waals surface area contributed by atoms with Crippen LogP contribution in [0.1, 0.15) is 26.2 Å². The maximum absolute atomic E-state index is 12.3. The van der Waals surface area contributed by atoms with Crippen molar-refractivity contribution in [1.82, 2.24) is 10.3 Å². The number of carbonyl (C=O) groups excluding carboxylic acids is 1. The van der Waals surface area contributed by atoms with Gasteiger partial charge >= 0.3 is 0 Å². The summed E-state index contributed by atoms with van der Waals surface area (Å²) in [5, 5.41) is 7.56. The topological polar surface area (TPSA) is 83.6 Å². The standard InChI is InChI=1S/C18H23N5O/c1-2-17(22-19)21-18(24)13-7-9-23(10-8-13)15-11-14-5-3-4-6-16(14)20-12-15/h3-6,11-13H,2,7-10,19H2,1H3,(H,21,22,24). The molecular formula is C18H23N5O. The zero-order valence-electron chi connectivity index (χ0n) is 13.9. The number of hydrogen-bond acceptors (Lipinski definition) is 5. The largest absolute Gasteiger partial charge is 0.370 e. The maximum Gasteiger partial charge on any atom is 0.228 e. The summed E-state index contributed by atoms with van der Waals surface area (Å²) in [6.07, 6.45) is 4.18. The van der Waals surface area contributed by atoms with E-state index in [1.807, 2.05) is 31.3 Å². The van der Waals surface area contributed by atoms with Gasteiger partial charge in [0.1, 0.15) is 5.84 Å². The number of pyridine rings is 1. The molecular weight excluding hydrogens is 302 g/mol. The third kappa shape index (κ3) is 3.48. The highest BCUT2D eigenvalue weighted by Crippen LogP contribution is 2.25. The molecule has 6 nitrogen and oxygen atoms in total. The fraction of sp³-hybridized carbons (Fsp3) is 0.389. The zero-order chi connectivity index (χ0) is 16.9. The van der Waals surface area contributed by atoms with Gasteiger partial charge in [0.15, 0.2) is 0 Å². The first-order valence-corrected chi connectivity index (χ1v) is 8.38. The van der Waals surface area contributed by atoms with E-state index in [0.29, 0.717) is 12.3 Å².